The zero-order valence-corrected chi connectivity index (χ0v) is 7.49. The van der Waals surface area contributed by atoms with Gasteiger partial charge in [-0.2, -0.15) is 0 Å². The van der Waals surface area contributed by atoms with Crippen LogP contribution in [0.15, 0.2) is 0 Å². The van der Waals surface area contributed by atoms with Gasteiger partial charge in [0.05, 0.1) is 13.2 Å². The molecule has 4 fully saturated rings. The molecule has 1 heterocycles. The lowest BCUT2D eigenvalue weighted by Crippen LogP contribution is -2.69. The Labute approximate surface area is 69.3 Å². The van der Waals surface area contributed by atoms with Gasteiger partial charge in [-0.1, -0.05) is 15.9 Å². The molecule has 3 saturated carbocycles. The summed E-state index contributed by atoms with van der Waals surface area (Å²) in [5, 5.41) is 0. The van der Waals surface area contributed by atoms with Gasteiger partial charge < -0.3 is 4.74 Å². The van der Waals surface area contributed by atoms with E-state index in [0.29, 0.717) is 4.32 Å². The van der Waals surface area contributed by atoms with E-state index in [-0.39, 0.29) is 0 Å². The lowest BCUT2D eigenvalue weighted by molar-refractivity contribution is -0.205. The molecule has 2 bridgehead atoms. The highest BCUT2D eigenvalue weighted by Gasteiger charge is 2.70. The highest BCUT2D eigenvalue weighted by Crippen LogP contribution is 2.75. The summed E-state index contributed by atoms with van der Waals surface area (Å²) in [6.07, 6.45) is 4.27. The topological polar surface area (TPSA) is 9.23 Å². The number of hydrogen-bond acceptors (Lipinski definition) is 1. The summed E-state index contributed by atoms with van der Waals surface area (Å²) in [6, 6.07) is 0. The molecule has 0 spiro atoms. The molecule has 56 valence electrons. The fourth-order valence-corrected chi connectivity index (χ4v) is 4.43. The molecule has 1 aliphatic heterocycles. The van der Waals surface area contributed by atoms with Crippen LogP contribution in [0.25, 0.3) is 0 Å². The maximum absolute atomic E-state index is 5.20. The molecule has 2 heteroatoms. The molecule has 0 atom stereocenters. The van der Waals surface area contributed by atoms with Gasteiger partial charge in [0.2, 0.25) is 0 Å². The summed E-state index contributed by atoms with van der Waals surface area (Å²) < 4.78 is 5.80. The van der Waals surface area contributed by atoms with Crippen LogP contribution < -0.4 is 0 Å². The van der Waals surface area contributed by atoms with Gasteiger partial charge in [-0.25, -0.2) is 0 Å². The maximum Gasteiger partial charge on any atom is 0.0521 e. The van der Waals surface area contributed by atoms with Crippen LogP contribution in [0, 0.1) is 11.3 Å². The summed E-state index contributed by atoms with van der Waals surface area (Å²) in [7, 11) is 0. The molecular formula is C8H11BrO. The second-order valence-corrected chi connectivity index (χ2v) is 5.96. The lowest BCUT2D eigenvalue weighted by atomic mass is 9.40. The second kappa shape index (κ2) is 1.46. The van der Waals surface area contributed by atoms with Crippen molar-refractivity contribution >= 4 is 15.9 Å². The van der Waals surface area contributed by atoms with Crippen molar-refractivity contribution in [2.24, 2.45) is 11.3 Å². The Morgan fingerprint density at radius 3 is 2.10 bits per heavy atom. The van der Waals surface area contributed by atoms with Crippen molar-refractivity contribution in [1.82, 2.24) is 0 Å². The number of rotatable bonds is 1. The summed E-state index contributed by atoms with van der Waals surface area (Å²) in [5.74, 6) is 0.923. The first-order chi connectivity index (χ1) is 4.73. The van der Waals surface area contributed by atoms with Crippen LogP contribution in [0.4, 0.5) is 0 Å². The Morgan fingerprint density at radius 1 is 1.20 bits per heavy atom. The predicted molar refractivity (Wildman–Crippen MR) is 42.3 cm³/mol. The van der Waals surface area contributed by atoms with Crippen LogP contribution in [-0.2, 0) is 4.74 Å². The van der Waals surface area contributed by atoms with E-state index in [1.165, 1.54) is 19.3 Å². The van der Waals surface area contributed by atoms with E-state index in [9.17, 15) is 0 Å². The fraction of sp³-hybridized carbons (Fsp3) is 1.00. The van der Waals surface area contributed by atoms with Gasteiger partial charge in [-0.05, 0) is 24.7 Å². The average Bonchev–Trinajstić information content (AvgIpc) is 1.53. The number of alkyl halides is 1. The maximum atomic E-state index is 5.20. The van der Waals surface area contributed by atoms with Crippen LogP contribution in [0.3, 0.4) is 0 Å². The van der Waals surface area contributed by atoms with Crippen LogP contribution in [0.2, 0.25) is 0 Å². The van der Waals surface area contributed by atoms with Crippen LogP contribution in [-0.4, -0.2) is 17.5 Å². The van der Waals surface area contributed by atoms with Crippen molar-refractivity contribution in [1.29, 1.82) is 0 Å². The molecule has 0 aromatic rings. The lowest BCUT2D eigenvalue weighted by Gasteiger charge is -2.72. The Morgan fingerprint density at radius 2 is 1.80 bits per heavy atom. The second-order valence-electron chi connectivity index (χ2n) is 4.28. The summed E-state index contributed by atoms with van der Waals surface area (Å²) in [4.78, 5) is 0. The van der Waals surface area contributed by atoms with Gasteiger partial charge in [0, 0.05) is 10.2 Å². The molecule has 0 aromatic heterocycles. The van der Waals surface area contributed by atoms with Gasteiger partial charge in [-0.3, -0.25) is 0 Å². The third-order valence-electron chi connectivity index (χ3n) is 3.51. The molecule has 0 N–H and O–H groups in total. The monoisotopic (exact) mass is 202 g/mol. The third kappa shape index (κ3) is 0.504. The molecule has 10 heavy (non-hydrogen) atoms. The first-order valence-electron chi connectivity index (χ1n) is 3.99. The van der Waals surface area contributed by atoms with E-state index in [2.05, 4.69) is 15.9 Å². The molecule has 1 nitrogen and oxygen atoms in total. The van der Waals surface area contributed by atoms with Crippen molar-refractivity contribution in [3.05, 3.63) is 0 Å². The van der Waals surface area contributed by atoms with Crippen molar-refractivity contribution in [2.45, 2.75) is 23.6 Å². The standard InChI is InChI=1S/C8H11BrO/c9-8-3-7(4-8,5-8)6-1-10-2-6/h6H,1-5H2. The largest absolute Gasteiger partial charge is 0.381 e. The fourth-order valence-electron chi connectivity index (χ4n) is 2.76. The van der Waals surface area contributed by atoms with Crippen molar-refractivity contribution < 1.29 is 4.74 Å². The van der Waals surface area contributed by atoms with Crippen LogP contribution in [0.5, 0.6) is 0 Å². The molecular weight excluding hydrogens is 192 g/mol. The molecule has 1 saturated heterocycles. The van der Waals surface area contributed by atoms with Crippen molar-refractivity contribution in [3.63, 3.8) is 0 Å². The molecule has 0 aromatic carbocycles. The van der Waals surface area contributed by atoms with Gasteiger partial charge in [0.1, 0.15) is 0 Å². The highest BCUT2D eigenvalue weighted by molar-refractivity contribution is 9.10. The number of halogens is 1. The van der Waals surface area contributed by atoms with Gasteiger partial charge in [0.15, 0.2) is 0 Å². The molecule has 3 aliphatic carbocycles. The molecule has 0 amide bonds. The van der Waals surface area contributed by atoms with Crippen LogP contribution in [0.1, 0.15) is 19.3 Å². The minimum atomic E-state index is 0.600. The van der Waals surface area contributed by atoms with Gasteiger partial charge in [-0.15, -0.1) is 0 Å². The zero-order chi connectivity index (χ0) is 6.82. The Bertz CT molecular complexity index is 166. The normalized spacial score (nSPS) is 58.5. The van der Waals surface area contributed by atoms with Gasteiger partial charge >= 0.3 is 0 Å². The average molecular weight is 203 g/mol. The van der Waals surface area contributed by atoms with E-state index < -0.39 is 0 Å². The Hall–Kier alpha value is 0.440. The summed E-state index contributed by atoms with van der Waals surface area (Å²) in [6.45, 7) is 2.09. The summed E-state index contributed by atoms with van der Waals surface area (Å²) in [5.41, 5.74) is 0.752. The number of hydrogen-bond donors (Lipinski definition) is 0. The smallest absolute Gasteiger partial charge is 0.0521 e. The minimum absolute atomic E-state index is 0.600. The molecule has 0 unspecified atom stereocenters. The Kier molecular flexibility index (Phi) is 0.879. The Balaban J connectivity index is 1.74. The highest BCUT2D eigenvalue weighted by atomic mass is 79.9. The molecule has 0 radical (unpaired) electrons. The van der Waals surface area contributed by atoms with E-state index in [0.717, 1.165) is 24.5 Å². The van der Waals surface area contributed by atoms with E-state index >= 15 is 0 Å². The first-order valence-corrected chi connectivity index (χ1v) is 4.79. The van der Waals surface area contributed by atoms with E-state index in [4.69, 9.17) is 4.74 Å². The quantitative estimate of drug-likeness (QED) is 0.592. The minimum Gasteiger partial charge on any atom is -0.381 e. The SMILES string of the molecule is BrC12CC(C3COC3)(C1)C2. The van der Waals surface area contributed by atoms with E-state index in [1.807, 2.05) is 0 Å². The molecule has 4 rings (SSSR count). The van der Waals surface area contributed by atoms with Crippen molar-refractivity contribution in [2.75, 3.05) is 13.2 Å². The summed E-state index contributed by atoms with van der Waals surface area (Å²) >= 11 is 3.75. The first kappa shape index (κ1) is 6.01. The predicted octanol–water partition coefficient (Wildman–Crippen LogP) is 1.95. The van der Waals surface area contributed by atoms with Gasteiger partial charge in [0.25, 0.3) is 0 Å². The van der Waals surface area contributed by atoms with E-state index in [1.54, 1.807) is 0 Å². The number of ether oxygens (including phenoxy) is 1. The zero-order valence-electron chi connectivity index (χ0n) is 5.90. The third-order valence-corrected chi connectivity index (χ3v) is 4.35. The molecule has 4 aliphatic rings. The van der Waals surface area contributed by atoms with Crippen molar-refractivity contribution in [3.8, 4) is 0 Å². The van der Waals surface area contributed by atoms with Crippen LogP contribution >= 0.6 is 15.9 Å².